The second kappa shape index (κ2) is 5.54. The zero-order valence-electron chi connectivity index (χ0n) is 9.43. The fraction of sp³-hybridized carbons (Fsp3) is 0.0833. The molecule has 100 valence electrons. The lowest BCUT2D eigenvalue weighted by molar-refractivity contribution is 0.0656. The molecule has 1 heterocycles. The predicted molar refractivity (Wildman–Crippen MR) is 67.2 cm³/mol. The SMILES string of the molecule is O=C(O)c1ccc(S(=O)Cc2cccc(F)c2Cl)o1. The number of hydrogen-bond donors (Lipinski definition) is 1. The molecule has 1 atom stereocenters. The van der Waals surface area contributed by atoms with Crippen molar-refractivity contribution < 1.29 is 22.9 Å². The summed E-state index contributed by atoms with van der Waals surface area (Å²) >= 11 is 5.75. The molecule has 4 nitrogen and oxygen atoms in total. The summed E-state index contributed by atoms with van der Waals surface area (Å²) in [6.07, 6.45) is 0. The molecule has 0 radical (unpaired) electrons. The number of halogens is 2. The van der Waals surface area contributed by atoms with Crippen LogP contribution in [0.2, 0.25) is 5.02 Å². The molecule has 2 aromatic rings. The number of carboxylic acid groups (broad SMARTS) is 1. The van der Waals surface area contributed by atoms with Crippen molar-refractivity contribution in [2.75, 3.05) is 0 Å². The van der Waals surface area contributed by atoms with Crippen molar-refractivity contribution in [3.05, 3.63) is 52.5 Å². The standard InChI is InChI=1S/C12H8ClFO4S/c13-11-7(2-1-3-8(11)14)6-19(17)10-5-4-9(18-10)12(15)16/h1-5H,6H2,(H,15,16). The fourth-order valence-corrected chi connectivity index (χ4v) is 2.77. The maximum Gasteiger partial charge on any atom is 0.371 e. The van der Waals surface area contributed by atoms with Gasteiger partial charge in [0.25, 0.3) is 0 Å². The minimum Gasteiger partial charge on any atom is -0.475 e. The maximum atomic E-state index is 13.2. The Bertz CT molecular complexity index is 653. The van der Waals surface area contributed by atoms with Crippen LogP contribution in [-0.4, -0.2) is 15.3 Å². The molecule has 0 fully saturated rings. The van der Waals surface area contributed by atoms with Gasteiger partial charge in [0.05, 0.1) is 21.6 Å². The molecule has 0 bridgehead atoms. The third-order valence-electron chi connectivity index (χ3n) is 2.33. The smallest absolute Gasteiger partial charge is 0.371 e. The first-order valence-corrected chi connectivity index (χ1v) is 6.83. The summed E-state index contributed by atoms with van der Waals surface area (Å²) in [6, 6.07) is 6.72. The summed E-state index contributed by atoms with van der Waals surface area (Å²) in [7, 11) is -1.63. The minimum absolute atomic E-state index is 0.0118. The van der Waals surface area contributed by atoms with E-state index in [1.807, 2.05) is 0 Å². The van der Waals surface area contributed by atoms with Gasteiger partial charge in [0.15, 0.2) is 5.09 Å². The van der Waals surface area contributed by atoms with E-state index in [-0.39, 0.29) is 21.6 Å². The molecule has 19 heavy (non-hydrogen) atoms. The third-order valence-corrected chi connectivity index (χ3v) is 4.00. The lowest BCUT2D eigenvalue weighted by atomic mass is 10.2. The molecule has 0 saturated carbocycles. The molecule has 0 saturated heterocycles. The zero-order chi connectivity index (χ0) is 14.0. The van der Waals surface area contributed by atoms with E-state index >= 15 is 0 Å². The Balaban J connectivity index is 2.21. The average Bonchev–Trinajstić information content (AvgIpc) is 2.84. The van der Waals surface area contributed by atoms with E-state index in [1.54, 1.807) is 6.07 Å². The molecule has 2 rings (SSSR count). The topological polar surface area (TPSA) is 67.5 Å². The number of hydrogen-bond acceptors (Lipinski definition) is 3. The van der Waals surface area contributed by atoms with Crippen LogP contribution in [0.3, 0.4) is 0 Å². The first kappa shape index (κ1) is 13.8. The van der Waals surface area contributed by atoms with Gasteiger partial charge in [-0.15, -0.1) is 0 Å². The van der Waals surface area contributed by atoms with Gasteiger partial charge in [-0.3, -0.25) is 4.21 Å². The highest BCUT2D eigenvalue weighted by Crippen LogP contribution is 2.23. The van der Waals surface area contributed by atoms with Crippen molar-refractivity contribution in [1.82, 2.24) is 0 Å². The van der Waals surface area contributed by atoms with Crippen molar-refractivity contribution in [3.8, 4) is 0 Å². The Morgan fingerprint density at radius 3 is 2.74 bits per heavy atom. The Kier molecular flexibility index (Phi) is 4.01. The number of carboxylic acids is 1. The van der Waals surface area contributed by atoms with Crippen LogP contribution in [0.4, 0.5) is 4.39 Å². The second-order valence-corrected chi connectivity index (χ2v) is 5.39. The van der Waals surface area contributed by atoms with Gasteiger partial charge in [-0.1, -0.05) is 23.7 Å². The van der Waals surface area contributed by atoms with Crippen molar-refractivity contribution in [3.63, 3.8) is 0 Å². The van der Waals surface area contributed by atoms with Crippen LogP contribution < -0.4 is 0 Å². The highest BCUT2D eigenvalue weighted by Gasteiger charge is 2.16. The molecule has 0 amide bonds. The third kappa shape index (κ3) is 3.02. The summed E-state index contributed by atoms with van der Waals surface area (Å²) < 4.78 is 30.1. The van der Waals surface area contributed by atoms with E-state index in [2.05, 4.69) is 0 Å². The number of rotatable bonds is 4. The largest absolute Gasteiger partial charge is 0.475 e. The molecule has 0 aliphatic rings. The van der Waals surface area contributed by atoms with Gasteiger partial charge in [-0.05, 0) is 23.8 Å². The highest BCUT2D eigenvalue weighted by molar-refractivity contribution is 7.84. The van der Waals surface area contributed by atoms with Crippen LogP contribution in [0.5, 0.6) is 0 Å². The van der Waals surface area contributed by atoms with E-state index in [0.29, 0.717) is 5.56 Å². The van der Waals surface area contributed by atoms with Gasteiger partial charge in [0.1, 0.15) is 5.82 Å². The van der Waals surface area contributed by atoms with Gasteiger partial charge < -0.3 is 9.52 Å². The zero-order valence-corrected chi connectivity index (χ0v) is 11.0. The Morgan fingerprint density at radius 1 is 1.37 bits per heavy atom. The summed E-state index contributed by atoms with van der Waals surface area (Å²) in [5.41, 5.74) is 0.369. The first-order chi connectivity index (χ1) is 8.99. The summed E-state index contributed by atoms with van der Waals surface area (Å²) in [5, 5.41) is 8.60. The van der Waals surface area contributed by atoms with Crippen molar-refractivity contribution >= 4 is 28.4 Å². The van der Waals surface area contributed by atoms with Gasteiger partial charge >= 0.3 is 5.97 Å². The maximum absolute atomic E-state index is 13.2. The Morgan fingerprint density at radius 2 is 2.11 bits per heavy atom. The quantitative estimate of drug-likeness (QED) is 0.942. The van der Waals surface area contributed by atoms with Crippen molar-refractivity contribution in [2.24, 2.45) is 0 Å². The van der Waals surface area contributed by atoms with E-state index in [9.17, 15) is 13.4 Å². The summed E-state index contributed by atoms with van der Waals surface area (Å²) in [5.74, 6) is -2.19. The van der Waals surface area contributed by atoms with Gasteiger partial charge in [-0.2, -0.15) is 0 Å². The number of benzene rings is 1. The first-order valence-electron chi connectivity index (χ1n) is 5.13. The van der Waals surface area contributed by atoms with Gasteiger partial charge in [0.2, 0.25) is 5.76 Å². The van der Waals surface area contributed by atoms with Crippen LogP contribution in [0.25, 0.3) is 0 Å². The molecule has 1 N–H and O–H groups in total. The average molecular weight is 303 g/mol. The van der Waals surface area contributed by atoms with Crippen LogP contribution >= 0.6 is 11.6 Å². The van der Waals surface area contributed by atoms with Gasteiger partial charge in [0, 0.05) is 0 Å². The van der Waals surface area contributed by atoms with Crippen LogP contribution in [0.1, 0.15) is 16.1 Å². The van der Waals surface area contributed by atoms with Crippen LogP contribution in [0, 0.1) is 5.82 Å². The number of aromatic carboxylic acids is 1. The van der Waals surface area contributed by atoms with Crippen LogP contribution in [-0.2, 0) is 16.6 Å². The lowest BCUT2D eigenvalue weighted by Crippen LogP contribution is -1.98. The highest BCUT2D eigenvalue weighted by atomic mass is 35.5. The Labute approximate surface area is 115 Å². The van der Waals surface area contributed by atoms with E-state index in [1.165, 1.54) is 24.3 Å². The lowest BCUT2D eigenvalue weighted by Gasteiger charge is -2.03. The fourth-order valence-electron chi connectivity index (χ4n) is 1.43. The summed E-state index contributed by atoms with van der Waals surface area (Å²) in [6.45, 7) is 0. The molecular weight excluding hydrogens is 295 g/mol. The van der Waals surface area contributed by atoms with E-state index in [4.69, 9.17) is 21.1 Å². The summed E-state index contributed by atoms with van der Waals surface area (Å²) in [4.78, 5) is 10.6. The van der Waals surface area contributed by atoms with E-state index < -0.39 is 22.6 Å². The predicted octanol–water partition coefficient (Wildman–Crippen LogP) is 3.08. The van der Waals surface area contributed by atoms with Gasteiger partial charge in [-0.25, -0.2) is 9.18 Å². The van der Waals surface area contributed by atoms with Crippen molar-refractivity contribution in [1.29, 1.82) is 0 Å². The number of furan rings is 1. The molecule has 1 aromatic heterocycles. The van der Waals surface area contributed by atoms with Crippen molar-refractivity contribution in [2.45, 2.75) is 10.8 Å². The Hall–Kier alpha value is -1.66. The molecular formula is C12H8ClFO4S. The molecule has 0 aliphatic heterocycles. The molecule has 0 spiro atoms. The normalized spacial score (nSPS) is 12.3. The molecule has 1 aromatic carbocycles. The number of carbonyl (C=O) groups is 1. The molecule has 0 aliphatic carbocycles. The van der Waals surface area contributed by atoms with Crippen LogP contribution in [0.15, 0.2) is 39.8 Å². The van der Waals surface area contributed by atoms with E-state index in [0.717, 1.165) is 0 Å². The minimum atomic E-state index is -1.63. The monoisotopic (exact) mass is 302 g/mol. The molecule has 1 unspecified atom stereocenters. The molecule has 7 heteroatoms. The second-order valence-electron chi connectivity index (χ2n) is 3.63.